The molecular weight excluding hydrogens is 136 g/mol. The third kappa shape index (κ3) is 3.66. The van der Waals surface area contributed by atoms with Crippen LogP contribution in [0.1, 0.15) is 20.8 Å². The quantitative estimate of drug-likeness (QED) is 0.444. The first-order valence-corrected chi connectivity index (χ1v) is 3.85. The molecule has 0 heterocycles. The van der Waals surface area contributed by atoms with Gasteiger partial charge in [-0.25, -0.2) is 0 Å². The maximum atomic E-state index is 5.35. The molecule has 0 aliphatic rings. The summed E-state index contributed by atoms with van der Waals surface area (Å²) in [6.07, 6.45) is 5.65. The van der Waals surface area contributed by atoms with Gasteiger partial charge in [-0.15, -0.1) is 0 Å². The zero-order valence-electron chi connectivity index (χ0n) is 7.55. The molecule has 1 nitrogen and oxygen atoms in total. The second-order valence-electron chi connectivity index (χ2n) is 2.17. The van der Waals surface area contributed by atoms with Crippen molar-refractivity contribution < 1.29 is 4.74 Å². The van der Waals surface area contributed by atoms with Crippen LogP contribution in [0.3, 0.4) is 0 Å². The fourth-order valence-electron chi connectivity index (χ4n) is 0.839. The summed E-state index contributed by atoms with van der Waals surface area (Å²) in [5.74, 6) is 0.937. The van der Waals surface area contributed by atoms with Gasteiger partial charge in [0, 0.05) is 0 Å². The zero-order valence-corrected chi connectivity index (χ0v) is 7.55. The minimum absolute atomic E-state index is 0.710. The number of hydrogen-bond acceptors (Lipinski definition) is 1. The van der Waals surface area contributed by atoms with Gasteiger partial charge >= 0.3 is 0 Å². The van der Waals surface area contributed by atoms with Gasteiger partial charge < -0.3 is 4.74 Å². The largest absolute Gasteiger partial charge is 0.494 e. The van der Waals surface area contributed by atoms with Crippen molar-refractivity contribution in [3.8, 4) is 0 Å². The molecule has 0 aromatic carbocycles. The van der Waals surface area contributed by atoms with Gasteiger partial charge in [-0.05, 0) is 32.4 Å². The van der Waals surface area contributed by atoms with Gasteiger partial charge in [0.1, 0.15) is 5.76 Å². The van der Waals surface area contributed by atoms with Crippen molar-refractivity contribution in [3.63, 3.8) is 0 Å². The Hall–Kier alpha value is -0.980. The maximum Gasteiger partial charge on any atom is 0.117 e. The first-order valence-electron chi connectivity index (χ1n) is 3.85. The monoisotopic (exact) mass is 152 g/mol. The summed E-state index contributed by atoms with van der Waals surface area (Å²) < 4.78 is 5.35. The normalized spacial score (nSPS) is 13.0. The lowest BCUT2D eigenvalue weighted by atomic mass is 10.2. The molecule has 0 rings (SSSR count). The van der Waals surface area contributed by atoms with Gasteiger partial charge in [0.05, 0.1) is 6.61 Å². The molecular formula is C10H16O. The summed E-state index contributed by atoms with van der Waals surface area (Å²) in [4.78, 5) is 0. The van der Waals surface area contributed by atoms with E-state index in [0.717, 1.165) is 11.3 Å². The molecule has 0 aliphatic heterocycles. The van der Waals surface area contributed by atoms with Crippen LogP contribution in [-0.2, 0) is 4.74 Å². The lowest BCUT2D eigenvalue weighted by Gasteiger charge is -2.06. The lowest BCUT2D eigenvalue weighted by molar-refractivity contribution is 0.237. The topological polar surface area (TPSA) is 9.23 Å². The Morgan fingerprint density at radius 1 is 1.55 bits per heavy atom. The molecule has 11 heavy (non-hydrogen) atoms. The molecule has 0 spiro atoms. The fraction of sp³-hybridized carbons (Fsp3) is 0.400. The van der Waals surface area contributed by atoms with Crippen LogP contribution in [0.2, 0.25) is 0 Å². The summed E-state index contributed by atoms with van der Waals surface area (Å²) in [7, 11) is 0. The zero-order chi connectivity index (χ0) is 8.69. The molecule has 0 saturated heterocycles. The molecule has 0 bridgehead atoms. The van der Waals surface area contributed by atoms with Gasteiger partial charge in [0.15, 0.2) is 0 Å². The molecule has 62 valence electrons. The van der Waals surface area contributed by atoms with E-state index in [-0.39, 0.29) is 0 Å². The Morgan fingerprint density at radius 3 is 2.55 bits per heavy atom. The van der Waals surface area contributed by atoms with Crippen LogP contribution in [0, 0.1) is 0 Å². The van der Waals surface area contributed by atoms with Crippen LogP contribution >= 0.6 is 0 Å². The summed E-state index contributed by atoms with van der Waals surface area (Å²) in [6, 6.07) is 0. The highest BCUT2D eigenvalue weighted by molar-refractivity contribution is 5.26. The van der Waals surface area contributed by atoms with Crippen LogP contribution in [0.5, 0.6) is 0 Å². The van der Waals surface area contributed by atoms with E-state index in [4.69, 9.17) is 4.74 Å². The number of rotatable bonds is 4. The molecule has 0 aromatic rings. The third-order valence-corrected chi connectivity index (χ3v) is 1.32. The number of allylic oxidation sites excluding steroid dienone is 4. The van der Waals surface area contributed by atoms with Crippen molar-refractivity contribution in [2.75, 3.05) is 6.61 Å². The Labute approximate surface area is 69.1 Å². The average molecular weight is 152 g/mol. The van der Waals surface area contributed by atoms with Crippen LogP contribution in [0.4, 0.5) is 0 Å². The minimum Gasteiger partial charge on any atom is -0.494 e. The van der Waals surface area contributed by atoms with E-state index in [9.17, 15) is 0 Å². The maximum absolute atomic E-state index is 5.35. The predicted molar refractivity (Wildman–Crippen MR) is 49.3 cm³/mol. The summed E-state index contributed by atoms with van der Waals surface area (Å²) in [6.45, 7) is 10.3. The van der Waals surface area contributed by atoms with Crippen molar-refractivity contribution in [3.05, 3.63) is 36.1 Å². The molecule has 0 unspecified atom stereocenters. The van der Waals surface area contributed by atoms with Gasteiger partial charge in [-0.2, -0.15) is 0 Å². The van der Waals surface area contributed by atoms with E-state index in [0.29, 0.717) is 6.61 Å². The van der Waals surface area contributed by atoms with E-state index in [1.807, 2.05) is 32.9 Å². The van der Waals surface area contributed by atoms with E-state index in [1.54, 1.807) is 6.08 Å². The summed E-state index contributed by atoms with van der Waals surface area (Å²) >= 11 is 0. The van der Waals surface area contributed by atoms with Crippen LogP contribution < -0.4 is 0 Å². The highest BCUT2D eigenvalue weighted by atomic mass is 16.5. The molecule has 0 amide bonds. The smallest absolute Gasteiger partial charge is 0.117 e. The van der Waals surface area contributed by atoms with Crippen LogP contribution in [0.15, 0.2) is 36.1 Å². The SMILES string of the molecule is C=C/C=C(C)\C(=C/C)OCC. The average Bonchev–Trinajstić information content (AvgIpc) is 2.00. The Morgan fingerprint density at radius 2 is 2.18 bits per heavy atom. The Bertz CT molecular complexity index is 175. The minimum atomic E-state index is 0.710. The van der Waals surface area contributed by atoms with Crippen molar-refractivity contribution in [2.45, 2.75) is 20.8 Å². The molecule has 0 fully saturated rings. The first-order chi connectivity index (χ1) is 5.26. The van der Waals surface area contributed by atoms with Crippen LogP contribution in [-0.4, -0.2) is 6.61 Å². The second kappa shape index (κ2) is 5.78. The first kappa shape index (κ1) is 10.0. The highest BCUT2D eigenvalue weighted by Crippen LogP contribution is 2.09. The van der Waals surface area contributed by atoms with Gasteiger partial charge in [-0.1, -0.05) is 18.7 Å². The van der Waals surface area contributed by atoms with E-state index < -0.39 is 0 Å². The molecule has 0 radical (unpaired) electrons. The number of ether oxygens (including phenoxy) is 1. The summed E-state index contributed by atoms with van der Waals surface area (Å²) in [5, 5.41) is 0. The molecule has 0 N–H and O–H groups in total. The standard InChI is InChI=1S/C10H16O/c1-5-8-9(4)10(6-2)11-7-3/h5-6,8H,1,7H2,2-4H3/b9-8-,10-6+. The summed E-state index contributed by atoms with van der Waals surface area (Å²) in [5.41, 5.74) is 1.12. The van der Waals surface area contributed by atoms with Crippen molar-refractivity contribution in [1.82, 2.24) is 0 Å². The predicted octanol–water partition coefficient (Wildman–Crippen LogP) is 3.06. The Kier molecular flexibility index (Phi) is 5.26. The molecule has 0 aliphatic carbocycles. The molecule has 1 heteroatoms. The van der Waals surface area contributed by atoms with Crippen molar-refractivity contribution in [2.24, 2.45) is 0 Å². The van der Waals surface area contributed by atoms with E-state index in [1.165, 1.54) is 0 Å². The fourth-order valence-corrected chi connectivity index (χ4v) is 0.839. The van der Waals surface area contributed by atoms with Crippen molar-refractivity contribution in [1.29, 1.82) is 0 Å². The molecule has 0 atom stereocenters. The number of hydrogen-bond donors (Lipinski definition) is 0. The molecule has 0 aromatic heterocycles. The van der Waals surface area contributed by atoms with Crippen molar-refractivity contribution >= 4 is 0 Å². The second-order valence-corrected chi connectivity index (χ2v) is 2.17. The highest BCUT2D eigenvalue weighted by Gasteiger charge is 1.95. The van der Waals surface area contributed by atoms with E-state index >= 15 is 0 Å². The van der Waals surface area contributed by atoms with E-state index in [2.05, 4.69) is 6.58 Å². The van der Waals surface area contributed by atoms with Gasteiger partial charge in [0.25, 0.3) is 0 Å². The molecule has 0 saturated carbocycles. The third-order valence-electron chi connectivity index (χ3n) is 1.32. The lowest BCUT2D eigenvalue weighted by Crippen LogP contribution is -1.92. The van der Waals surface area contributed by atoms with Crippen LogP contribution in [0.25, 0.3) is 0 Å². The van der Waals surface area contributed by atoms with Gasteiger partial charge in [0.2, 0.25) is 0 Å². The Balaban J connectivity index is 4.26. The van der Waals surface area contributed by atoms with Gasteiger partial charge in [-0.3, -0.25) is 0 Å².